The number of para-hydroxylation sites is 1. The molecule has 0 amide bonds. The molecule has 1 aliphatic heterocycles. The molecule has 1 fully saturated rings. The largest absolute Gasteiger partial charge is 0.491 e. The maximum absolute atomic E-state index is 12.7. The van der Waals surface area contributed by atoms with Crippen molar-refractivity contribution < 1.29 is 27.8 Å². The highest BCUT2D eigenvalue weighted by atomic mass is 19.4. The predicted octanol–water partition coefficient (Wildman–Crippen LogP) is 3.04. The average molecular weight is 317 g/mol. The number of benzene rings is 1. The summed E-state index contributed by atoms with van der Waals surface area (Å²) in [5.74, 6) is -2.14. The van der Waals surface area contributed by atoms with Gasteiger partial charge < -0.3 is 9.84 Å². The van der Waals surface area contributed by atoms with Crippen LogP contribution in [0.5, 0.6) is 5.75 Å². The fourth-order valence-electron chi connectivity index (χ4n) is 2.58. The van der Waals surface area contributed by atoms with Gasteiger partial charge in [-0.15, -0.1) is 0 Å². The van der Waals surface area contributed by atoms with Crippen molar-refractivity contribution in [2.24, 2.45) is 5.92 Å². The van der Waals surface area contributed by atoms with E-state index in [2.05, 4.69) is 0 Å². The quantitative estimate of drug-likeness (QED) is 0.907. The standard InChI is InChI=1S/C15H18F3NO3/c16-15(17,18)11-4-3-7-19(10-11)8-9-22-13-6-2-1-5-12(13)14(20)21/h1-2,5-6,11H,3-4,7-10H2,(H,20,21). The van der Waals surface area contributed by atoms with Gasteiger partial charge in [0.15, 0.2) is 0 Å². The van der Waals surface area contributed by atoms with Gasteiger partial charge in [0.25, 0.3) is 0 Å². The minimum Gasteiger partial charge on any atom is -0.491 e. The van der Waals surface area contributed by atoms with E-state index in [-0.39, 0.29) is 30.9 Å². The van der Waals surface area contributed by atoms with Crippen LogP contribution in [0.3, 0.4) is 0 Å². The molecule has 7 heteroatoms. The normalized spacial score (nSPS) is 19.9. The van der Waals surface area contributed by atoms with Crippen LogP contribution >= 0.6 is 0 Å². The van der Waals surface area contributed by atoms with E-state index in [4.69, 9.17) is 9.84 Å². The number of alkyl halides is 3. The van der Waals surface area contributed by atoms with Crippen molar-refractivity contribution in [2.75, 3.05) is 26.2 Å². The Labute approximate surface area is 126 Å². The molecule has 1 N–H and O–H groups in total. The van der Waals surface area contributed by atoms with E-state index in [1.165, 1.54) is 12.1 Å². The fourth-order valence-corrected chi connectivity index (χ4v) is 2.58. The summed E-state index contributed by atoms with van der Waals surface area (Å²) < 4.78 is 43.6. The van der Waals surface area contributed by atoms with E-state index < -0.39 is 18.1 Å². The van der Waals surface area contributed by atoms with Crippen molar-refractivity contribution in [3.05, 3.63) is 29.8 Å². The Kier molecular flexibility index (Phi) is 5.28. The third kappa shape index (κ3) is 4.37. The number of ether oxygens (including phenoxy) is 1. The summed E-state index contributed by atoms with van der Waals surface area (Å²) in [5, 5.41) is 9.02. The van der Waals surface area contributed by atoms with Crippen molar-refractivity contribution in [2.45, 2.75) is 19.0 Å². The first-order valence-electron chi connectivity index (χ1n) is 7.12. The number of carboxylic acid groups (broad SMARTS) is 1. The van der Waals surface area contributed by atoms with Gasteiger partial charge >= 0.3 is 12.1 Å². The van der Waals surface area contributed by atoms with E-state index in [1.54, 1.807) is 17.0 Å². The summed E-state index contributed by atoms with van der Waals surface area (Å²) in [7, 11) is 0. The highest BCUT2D eigenvalue weighted by molar-refractivity contribution is 5.90. The number of halogens is 3. The van der Waals surface area contributed by atoms with E-state index in [9.17, 15) is 18.0 Å². The molecule has 1 atom stereocenters. The Hall–Kier alpha value is -1.76. The molecule has 1 aliphatic rings. The maximum Gasteiger partial charge on any atom is 0.393 e. The smallest absolute Gasteiger partial charge is 0.393 e. The van der Waals surface area contributed by atoms with Crippen LogP contribution in [0, 0.1) is 5.92 Å². The summed E-state index contributed by atoms with van der Waals surface area (Å²) in [4.78, 5) is 12.7. The molecule has 0 radical (unpaired) electrons. The van der Waals surface area contributed by atoms with E-state index in [1.807, 2.05) is 0 Å². The van der Waals surface area contributed by atoms with Gasteiger partial charge in [0.2, 0.25) is 0 Å². The van der Waals surface area contributed by atoms with Crippen LogP contribution in [-0.2, 0) is 0 Å². The summed E-state index contributed by atoms with van der Waals surface area (Å²) in [6, 6.07) is 6.22. The molecule has 2 rings (SSSR count). The van der Waals surface area contributed by atoms with Crippen molar-refractivity contribution >= 4 is 5.97 Å². The van der Waals surface area contributed by atoms with Gasteiger partial charge in [0.05, 0.1) is 5.92 Å². The molecule has 1 aromatic carbocycles. The number of likely N-dealkylation sites (tertiary alicyclic amines) is 1. The molecule has 122 valence electrons. The molecule has 0 bridgehead atoms. The Morgan fingerprint density at radius 3 is 2.77 bits per heavy atom. The molecule has 1 aromatic rings. The zero-order valence-corrected chi connectivity index (χ0v) is 12.0. The number of carbonyl (C=O) groups is 1. The van der Waals surface area contributed by atoms with E-state index >= 15 is 0 Å². The second kappa shape index (κ2) is 7.00. The van der Waals surface area contributed by atoms with Gasteiger partial charge in [0.1, 0.15) is 17.9 Å². The van der Waals surface area contributed by atoms with Crippen molar-refractivity contribution in [1.82, 2.24) is 4.90 Å². The van der Waals surface area contributed by atoms with Crippen LogP contribution in [0.25, 0.3) is 0 Å². The zero-order chi connectivity index (χ0) is 16.2. The van der Waals surface area contributed by atoms with Crippen molar-refractivity contribution in [3.63, 3.8) is 0 Å². The minimum atomic E-state index is -4.16. The summed E-state index contributed by atoms with van der Waals surface area (Å²) in [5.41, 5.74) is 0.0503. The van der Waals surface area contributed by atoms with E-state index in [0.717, 1.165) is 0 Å². The molecule has 1 saturated heterocycles. The lowest BCUT2D eigenvalue weighted by atomic mass is 9.98. The molecule has 0 aromatic heterocycles. The number of hydrogen-bond donors (Lipinski definition) is 1. The number of nitrogens with zero attached hydrogens (tertiary/aromatic N) is 1. The highest BCUT2D eigenvalue weighted by Gasteiger charge is 2.41. The second-order valence-electron chi connectivity index (χ2n) is 5.33. The molecule has 0 saturated carbocycles. The zero-order valence-electron chi connectivity index (χ0n) is 12.0. The number of aromatic carboxylic acids is 1. The molecule has 0 aliphatic carbocycles. The van der Waals surface area contributed by atoms with E-state index in [0.29, 0.717) is 19.5 Å². The second-order valence-corrected chi connectivity index (χ2v) is 5.33. The molecule has 4 nitrogen and oxygen atoms in total. The molecule has 1 heterocycles. The lowest BCUT2D eigenvalue weighted by Gasteiger charge is -2.33. The molecule has 1 unspecified atom stereocenters. The maximum atomic E-state index is 12.7. The predicted molar refractivity (Wildman–Crippen MR) is 74.1 cm³/mol. The van der Waals surface area contributed by atoms with Crippen LogP contribution < -0.4 is 4.74 Å². The van der Waals surface area contributed by atoms with Gasteiger partial charge in [-0.25, -0.2) is 4.79 Å². The van der Waals surface area contributed by atoms with Gasteiger partial charge in [-0.05, 0) is 31.5 Å². The average Bonchev–Trinajstić information content (AvgIpc) is 2.47. The van der Waals surface area contributed by atoms with Gasteiger partial charge in [-0.2, -0.15) is 13.2 Å². The number of hydrogen-bond acceptors (Lipinski definition) is 3. The SMILES string of the molecule is O=C(O)c1ccccc1OCCN1CCCC(C(F)(F)F)C1. The highest BCUT2D eigenvalue weighted by Crippen LogP contribution is 2.32. The Bertz CT molecular complexity index is 519. The first-order chi connectivity index (χ1) is 10.4. The van der Waals surface area contributed by atoms with Crippen LogP contribution in [0.1, 0.15) is 23.2 Å². The van der Waals surface area contributed by atoms with Crippen LogP contribution in [0.2, 0.25) is 0 Å². The Balaban J connectivity index is 1.85. The van der Waals surface area contributed by atoms with Gasteiger partial charge in [-0.3, -0.25) is 4.90 Å². The molecular weight excluding hydrogens is 299 g/mol. The van der Waals surface area contributed by atoms with Crippen LogP contribution in [0.4, 0.5) is 13.2 Å². The first kappa shape index (κ1) is 16.6. The van der Waals surface area contributed by atoms with Crippen molar-refractivity contribution in [1.29, 1.82) is 0 Å². The molecule has 0 spiro atoms. The summed E-state index contributed by atoms with van der Waals surface area (Å²) in [6.07, 6.45) is -3.48. The summed E-state index contributed by atoms with van der Waals surface area (Å²) in [6.45, 7) is 1.10. The lowest BCUT2D eigenvalue weighted by molar-refractivity contribution is -0.186. The lowest BCUT2D eigenvalue weighted by Crippen LogP contribution is -2.43. The van der Waals surface area contributed by atoms with Crippen LogP contribution in [-0.4, -0.2) is 48.4 Å². The monoisotopic (exact) mass is 317 g/mol. The number of carboxylic acids is 1. The Morgan fingerprint density at radius 2 is 2.09 bits per heavy atom. The van der Waals surface area contributed by atoms with Gasteiger partial charge in [-0.1, -0.05) is 12.1 Å². The third-order valence-corrected chi connectivity index (χ3v) is 3.75. The minimum absolute atomic E-state index is 0.0204. The fraction of sp³-hybridized carbons (Fsp3) is 0.533. The molecule has 22 heavy (non-hydrogen) atoms. The summed E-state index contributed by atoms with van der Waals surface area (Å²) >= 11 is 0. The number of piperidine rings is 1. The molecular formula is C15H18F3NO3. The number of rotatable bonds is 5. The van der Waals surface area contributed by atoms with Crippen LogP contribution in [0.15, 0.2) is 24.3 Å². The topological polar surface area (TPSA) is 49.8 Å². The third-order valence-electron chi connectivity index (χ3n) is 3.75. The first-order valence-corrected chi connectivity index (χ1v) is 7.12. The van der Waals surface area contributed by atoms with Crippen molar-refractivity contribution in [3.8, 4) is 5.75 Å². The van der Waals surface area contributed by atoms with Gasteiger partial charge in [0, 0.05) is 13.1 Å². The Morgan fingerprint density at radius 1 is 1.36 bits per heavy atom.